The van der Waals surface area contributed by atoms with E-state index in [-0.39, 0.29) is 10.7 Å². The zero-order chi connectivity index (χ0) is 12.9. The van der Waals surface area contributed by atoms with Crippen LogP contribution in [0, 0.1) is 0 Å². The van der Waals surface area contributed by atoms with Gasteiger partial charge in [0.25, 0.3) is 5.56 Å². The van der Waals surface area contributed by atoms with Gasteiger partial charge in [0, 0.05) is 0 Å². The molecule has 0 aliphatic rings. The van der Waals surface area contributed by atoms with E-state index >= 15 is 0 Å². The number of rotatable bonds is 1. The molecule has 1 aromatic carbocycles. The van der Waals surface area contributed by atoms with Crippen LogP contribution < -0.4 is 10.3 Å². The molecule has 7 heteroatoms. The molecule has 2 heterocycles. The average Bonchev–Trinajstić information content (AvgIpc) is 2.64. The zero-order valence-electron chi connectivity index (χ0n) is 9.11. The number of methoxy groups -OCH3 is 1. The van der Waals surface area contributed by atoms with Crippen LogP contribution in [0.3, 0.4) is 0 Å². The lowest BCUT2D eigenvalue weighted by Gasteiger charge is -2.04. The second-order valence-corrected chi connectivity index (χ2v) is 5.49. The van der Waals surface area contributed by atoms with Gasteiger partial charge in [0.1, 0.15) is 20.6 Å². The number of ether oxygens (including phenoxy) is 1. The summed E-state index contributed by atoms with van der Waals surface area (Å²) in [4.78, 5) is 17.2. The molecule has 0 aliphatic heterocycles. The van der Waals surface area contributed by atoms with Gasteiger partial charge >= 0.3 is 0 Å². The van der Waals surface area contributed by atoms with Crippen molar-refractivity contribution in [2.45, 2.75) is 0 Å². The summed E-state index contributed by atoms with van der Waals surface area (Å²) in [5.74, 6) is 0.470. The normalized spacial score (nSPS) is 11.3. The predicted octanol–water partition coefficient (Wildman–Crippen LogP) is 3.22. The first-order chi connectivity index (χ1) is 8.63. The van der Waals surface area contributed by atoms with E-state index < -0.39 is 0 Å². The minimum atomic E-state index is -0.277. The van der Waals surface area contributed by atoms with Gasteiger partial charge in [0.15, 0.2) is 4.96 Å². The molecule has 0 aliphatic carbocycles. The van der Waals surface area contributed by atoms with Crippen LogP contribution in [0.5, 0.6) is 5.75 Å². The lowest BCUT2D eigenvalue weighted by molar-refractivity contribution is 0.419. The molecule has 4 nitrogen and oxygen atoms in total. The van der Waals surface area contributed by atoms with Crippen molar-refractivity contribution < 1.29 is 4.74 Å². The summed E-state index contributed by atoms with van der Waals surface area (Å²) in [6.45, 7) is 0. The van der Waals surface area contributed by atoms with Crippen molar-refractivity contribution >= 4 is 50.4 Å². The van der Waals surface area contributed by atoms with Crippen molar-refractivity contribution in [2.24, 2.45) is 0 Å². The molecule has 2 aromatic heterocycles. The van der Waals surface area contributed by atoms with Crippen LogP contribution in [-0.2, 0) is 0 Å². The Morgan fingerprint density at radius 1 is 1.39 bits per heavy atom. The maximum Gasteiger partial charge on any atom is 0.271 e. The third-order valence-electron chi connectivity index (χ3n) is 2.59. The Morgan fingerprint density at radius 3 is 2.89 bits per heavy atom. The zero-order valence-corrected chi connectivity index (χ0v) is 11.4. The van der Waals surface area contributed by atoms with Gasteiger partial charge in [0.2, 0.25) is 0 Å². The first-order valence-electron chi connectivity index (χ1n) is 4.96. The second kappa shape index (κ2) is 4.12. The van der Waals surface area contributed by atoms with Gasteiger partial charge in [-0.2, -0.15) is 0 Å². The molecule has 0 spiro atoms. The Balaban J connectivity index is 2.62. The summed E-state index contributed by atoms with van der Waals surface area (Å²) in [6, 6.07) is 5.24. The number of hydrogen-bond acceptors (Lipinski definition) is 4. The molecule has 0 N–H and O–H groups in total. The fourth-order valence-corrected chi connectivity index (χ4v) is 3.16. The Morgan fingerprint density at radius 2 is 2.17 bits per heavy atom. The van der Waals surface area contributed by atoms with E-state index in [9.17, 15) is 4.79 Å². The molecule has 0 bridgehead atoms. The van der Waals surface area contributed by atoms with Crippen molar-refractivity contribution in [3.63, 3.8) is 0 Å². The highest BCUT2D eigenvalue weighted by atomic mass is 35.5. The Hall–Kier alpha value is -1.30. The smallest absolute Gasteiger partial charge is 0.271 e. The average molecular weight is 301 g/mol. The molecular weight excluding hydrogens is 295 g/mol. The SMILES string of the molecule is COc1cccc2nc3sc(Cl)c(Cl)n3c(=O)c12. The minimum Gasteiger partial charge on any atom is -0.496 e. The quantitative estimate of drug-likeness (QED) is 0.693. The van der Waals surface area contributed by atoms with Crippen LogP contribution in [0.2, 0.25) is 9.49 Å². The van der Waals surface area contributed by atoms with Gasteiger partial charge < -0.3 is 4.74 Å². The lowest BCUT2D eigenvalue weighted by Crippen LogP contribution is -2.14. The molecule has 0 fully saturated rings. The van der Waals surface area contributed by atoms with Crippen LogP contribution in [-0.4, -0.2) is 16.5 Å². The molecule has 0 atom stereocenters. The molecule has 18 heavy (non-hydrogen) atoms. The summed E-state index contributed by atoms with van der Waals surface area (Å²) in [5, 5.41) is 0.579. The summed E-state index contributed by atoms with van der Waals surface area (Å²) in [7, 11) is 1.51. The number of hydrogen-bond donors (Lipinski definition) is 0. The van der Waals surface area contributed by atoms with Crippen LogP contribution in [0.4, 0.5) is 0 Å². The number of nitrogens with zero attached hydrogens (tertiary/aromatic N) is 2. The van der Waals surface area contributed by atoms with Gasteiger partial charge in [-0.25, -0.2) is 9.38 Å². The highest BCUT2D eigenvalue weighted by molar-refractivity contribution is 7.21. The molecule has 0 amide bonds. The Labute approximate surface area is 115 Å². The van der Waals surface area contributed by atoms with Gasteiger partial charge in [-0.3, -0.25) is 4.79 Å². The minimum absolute atomic E-state index is 0.182. The predicted molar refractivity (Wildman–Crippen MR) is 73.4 cm³/mol. The van der Waals surface area contributed by atoms with Crippen LogP contribution in [0.25, 0.3) is 15.9 Å². The Kier molecular flexibility index (Phi) is 2.69. The van der Waals surface area contributed by atoms with E-state index in [1.807, 2.05) is 0 Å². The fraction of sp³-hybridized carbons (Fsp3) is 0.0909. The highest BCUT2D eigenvalue weighted by Crippen LogP contribution is 2.31. The molecule has 92 valence electrons. The maximum absolute atomic E-state index is 12.4. The molecule has 0 radical (unpaired) electrons. The van der Waals surface area contributed by atoms with Crippen molar-refractivity contribution in [3.05, 3.63) is 38.0 Å². The standard InChI is InChI=1S/C11H6Cl2N2O2S/c1-17-6-4-2-3-5-7(6)10(16)15-8(12)9(13)18-11(15)14-5/h2-4H,1H3. The van der Waals surface area contributed by atoms with Crippen LogP contribution in [0.1, 0.15) is 0 Å². The van der Waals surface area contributed by atoms with Crippen molar-refractivity contribution in [1.82, 2.24) is 9.38 Å². The molecule has 0 saturated heterocycles. The number of thiazole rings is 1. The lowest BCUT2D eigenvalue weighted by atomic mass is 10.2. The van der Waals surface area contributed by atoms with Crippen LogP contribution in [0.15, 0.2) is 23.0 Å². The number of benzene rings is 1. The topological polar surface area (TPSA) is 43.6 Å². The maximum atomic E-state index is 12.4. The first kappa shape index (κ1) is 11.8. The van der Waals surface area contributed by atoms with E-state index in [1.165, 1.54) is 22.8 Å². The van der Waals surface area contributed by atoms with Gasteiger partial charge in [-0.15, -0.1) is 0 Å². The molecule has 0 unspecified atom stereocenters. The number of aromatic nitrogens is 2. The summed E-state index contributed by atoms with van der Waals surface area (Å²) in [5.41, 5.74) is 0.287. The monoisotopic (exact) mass is 300 g/mol. The van der Waals surface area contributed by atoms with Crippen molar-refractivity contribution in [2.75, 3.05) is 7.11 Å². The van der Waals surface area contributed by atoms with E-state index in [0.717, 1.165) is 0 Å². The first-order valence-corrected chi connectivity index (χ1v) is 6.54. The molecular formula is C11H6Cl2N2O2S. The summed E-state index contributed by atoms with van der Waals surface area (Å²) in [6.07, 6.45) is 0. The molecule has 3 aromatic rings. The van der Waals surface area contributed by atoms with E-state index in [2.05, 4.69) is 4.98 Å². The molecule has 3 rings (SSSR count). The third-order valence-corrected chi connectivity index (χ3v) is 4.39. The number of halogens is 2. The fourth-order valence-electron chi connectivity index (χ4n) is 1.80. The highest BCUT2D eigenvalue weighted by Gasteiger charge is 2.16. The summed E-state index contributed by atoms with van der Waals surface area (Å²) >= 11 is 13.1. The van der Waals surface area contributed by atoms with Crippen molar-refractivity contribution in [1.29, 1.82) is 0 Å². The third kappa shape index (κ3) is 1.51. The van der Waals surface area contributed by atoms with Crippen LogP contribution >= 0.6 is 34.5 Å². The van der Waals surface area contributed by atoms with E-state index in [4.69, 9.17) is 27.9 Å². The largest absolute Gasteiger partial charge is 0.496 e. The Bertz CT molecular complexity index is 825. The van der Waals surface area contributed by atoms with E-state index in [0.29, 0.717) is 25.9 Å². The van der Waals surface area contributed by atoms with Gasteiger partial charge in [-0.1, -0.05) is 40.6 Å². The summed E-state index contributed by atoms with van der Waals surface area (Å²) < 4.78 is 6.81. The van der Waals surface area contributed by atoms with Gasteiger partial charge in [0.05, 0.1) is 12.6 Å². The van der Waals surface area contributed by atoms with E-state index in [1.54, 1.807) is 18.2 Å². The van der Waals surface area contributed by atoms with Crippen molar-refractivity contribution in [3.8, 4) is 5.75 Å². The molecule has 0 saturated carbocycles. The second-order valence-electron chi connectivity index (χ2n) is 3.56. The van der Waals surface area contributed by atoms with Gasteiger partial charge in [-0.05, 0) is 12.1 Å². The number of fused-ring (bicyclic) bond motifs is 2.